The molecule has 76 valence electrons. The van der Waals surface area contributed by atoms with Gasteiger partial charge in [-0.25, -0.2) is 0 Å². The van der Waals surface area contributed by atoms with E-state index in [-0.39, 0.29) is 0 Å². The van der Waals surface area contributed by atoms with E-state index in [2.05, 4.69) is 42.9 Å². The molecule has 1 aromatic rings. The summed E-state index contributed by atoms with van der Waals surface area (Å²) in [6.07, 6.45) is 3.53. The van der Waals surface area contributed by atoms with Crippen LogP contribution >= 0.6 is 0 Å². The standard InChI is InChI=1S/C12H18N2/c1-9-6-10(2)13-12(9)7-11-4-5-14(3)8-11/h6-7,13H,4-5,8H2,1-3H3. The van der Waals surface area contributed by atoms with E-state index in [1.807, 2.05) is 0 Å². The molecule has 1 N–H and O–H groups in total. The van der Waals surface area contributed by atoms with Crippen molar-refractivity contribution in [2.45, 2.75) is 20.3 Å². The quantitative estimate of drug-likeness (QED) is 0.720. The predicted molar refractivity (Wildman–Crippen MR) is 60.4 cm³/mol. The lowest BCUT2D eigenvalue weighted by Crippen LogP contribution is -2.11. The van der Waals surface area contributed by atoms with E-state index in [1.165, 1.54) is 35.5 Å². The molecule has 0 aliphatic carbocycles. The Labute approximate surface area is 85.6 Å². The molecule has 0 aromatic carbocycles. The van der Waals surface area contributed by atoms with Gasteiger partial charge in [-0.15, -0.1) is 0 Å². The fourth-order valence-electron chi connectivity index (χ4n) is 2.06. The molecule has 0 atom stereocenters. The topological polar surface area (TPSA) is 19.0 Å². The first-order valence-electron chi connectivity index (χ1n) is 5.19. The van der Waals surface area contributed by atoms with Gasteiger partial charge in [0.1, 0.15) is 0 Å². The summed E-state index contributed by atoms with van der Waals surface area (Å²) in [4.78, 5) is 5.75. The fraction of sp³-hybridized carbons (Fsp3) is 0.500. The smallest absolute Gasteiger partial charge is 0.0412 e. The molecule has 0 amide bonds. The van der Waals surface area contributed by atoms with Gasteiger partial charge >= 0.3 is 0 Å². The Morgan fingerprint density at radius 1 is 1.43 bits per heavy atom. The van der Waals surface area contributed by atoms with E-state index in [9.17, 15) is 0 Å². The molecular formula is C12H18N2. The minimum absolute atomic E-state index is 1.12. The average molecular weight is 190 g/mol. The molecule has 2 heterocycles. The van der Waals surface area contributed by atoms with Crippen LogP contribution in [0.25, 0.3) is 6.08 Å². The molecule has 1 fully saturated rings. The Bertz CT molecular complexity index is 360. The molecular weight excluding hydrogens is 172 g/mol. The lowest BCUT2D eigenvalue weighted by atomic mass is 10.1. The molecule has 0 bridgehead atoms. The zero-order valence-corrected chi connectivity index (χ0v) is 9.22. The number of rotatable bonds is 1. The maximum Gasteiger partial charge on any atom is 0.0412 e. The van der Waals surface area contributed by atoms with Crippen molar-refractivity contribution in [1.82, 2.24) is 9.88 Å². The molecule has 14 heavy (non-hydrogen) atoms. The van der Waals surface area contributed by atoms with Crippen LogP contribution in [-0.2, 0) is 0 Å². The zero-order valence-electron chi connectivity index (χ0n) is 9.22. The van der Waals surface area contributed by atoms with E-state index in [0.717, 1.165) is 6.54 Å². The van der Waals surface area contributed by atoms with Gasteiger partial charge < -0.3 is 9.88 Å². The molecule has 1 aliphatic rings. The van der Waals surface area contributed by atoms with Crippen molar-refractivity contribution in [3.63, 3.8) is 0 Å². The monoisotopic (exact) mass is 190 g/mol. The highest BCUT2D eigenvalue weighted by Gasteiger charge is 2.12. The zero-order chi connectivity index (χ0) is 10.1. The minimum Gasteiger partial charge on any atom is -0.359 e. The summed E-state index contributed by atoms with van der Waals surface area (Å²) in [5, 5.41) is 0. The lowest BCUT2D eigenvalue weighted by molar-refractivity contribution is 0.425. The number of nitrogens with zero attached hydrogens (tertiary/aromatic N) is 1. The number of hydrogen-bond acceptors (Lipinski definition) is 1. The molecule has 0 unspecified atom stereocenters. The van der Waals surface area contributed by atoms with Crippen LogP contribution in [0.15, 0.2) is 11.6 Å². The molecule has 0 saturated carbocycles. The number of likely N-dealkylation sites (N-methyl/N-ethyl adjacent to an activating group) is 1. The third kappa shape index (κ3) is 1.90. The lowest BCUT2D eigenvalue weighted by Gasteiger charge is -2.02. The molecule has 0 spiro atoms. The molecule has 2 nitrogen and oxygen atoms in total. The van der Waals surface area contributed by atoms with E-state index in [4.69, 9.17) is 0 Å². The summed E-state index contributed by atoms with van der Waals surface area (Å²) in [5.74, 6) is 0. The summed E-state index contributed by atoms with van der Waals surface area (Å²) in [6, 6.07) is 2.20. The summed E-state index contributed by atoms with van der Waals surface area (Å²) >= 11 is 0. The van der Waals surface area contributed by atoms with Gasteiger partial charge in [-0.2, -0.15) is 0 Å². The fourth-order valence-corrected chi connectivity index (χ4v) is 2.06. The van der Waals surface area contributed by atoms with Gasteiger partial charge in [0.25, 0.3) is 0 Å². The third-order valence-electron chi connectivity index (χ3n) is 2.83. The van der Waals surface area contributed by atoms with Crippen LogP contribution in [0.2, 0.25) is 0 Å². The summed E-state index contributed by atoms with van der Waals surface area (Å²) < 4.78 is 0. The second kappa shape index (κ2) is 3.62. The highest BCUT2D eigenvalue weighted by atomic mass is 15.1. The van der Waals surface area contributed by atoms with Gasteiger partial charge in [0.15, 0.2) is 0 Å². The van der Waals surface area contributed by atoms with Crippen LogP contribution in [0.1, 0.15) is 23.4 Å². The summed E-state index contributed by atoms with van der Waals surface area (Å²) in [5.41, 5.74) is 5.43. The average Bonchev–Trinajstić information content (AvgIpc) is 2.61. The van der Waals surface area contributed by atoms with E-state index < -0.39 is 0 Å². The molecule has 1 aliphatic heterocycles. The number of nitrogens with one attached hydrogen (secondary N) is 1. The van der Waals surface area contributed by atoms with Gasteiger partial charge in [0, 0.05) is 24.5 Å². The molecule has 1 aromatic heterocycles. The molecule has 2 rings (SSSR count). The van der Waals surface area contributed by atoms with Crippen molar-refractivity contribution >= 4 is 6.08 Å². The van der Waals surface area contributed by atoms with Crippen molar-refractivity contribution in [2.24, 2.45) is 0 Å². The second-order valence-electron chi connectivity index (χ2n) is 4.34. The number of aromatic nitrogens is 1. The van der Waals surface area contributed by atoms with Crippen LogP contribution in [0.5, 0.6) is 0 Å². The van der Waals surface area contributed by atoms with Crippen molar-refractivity contribution in [1.29, 1.82) is 0 Å². The Morgan fingerprint density at radius 2 is 2.21 bits per heavy atom. The Hall–Kier alpha value is -1.02. The number of H-pyrrole nitrogens is 1. The summed E-state index contributed by atoms with van der Waals surface area (Å²) in [6.45, 7) is 6.59. The molecule has 1 saturated heterocycles. The predicted octanol–water partition coefficient (Wildman–Crippen LogP) is 2.35. The van der Waals surface area contributed by atoms with Crippen molar-refractivity contribution in [3.8, 4) is 0 Å². The Morgan fingerprint density at radius 3 is 2.71 bits per heavy atom. The van der Waals surface area contributed by atoms with Gasteiger partial charge in [-0.1, -0.05) is 5.57 Å². The van der Waals surface area contributed by atoms with E-state index >= 15 is 0 Å². The SMILES string of the molecule is Cc1cc(C)c(C=C2CCN(C)C2)[nH]1. The van der Waals surface area contributed by atoms with Crippen LogP contribution in [0, 0.1) is 13.8 Å². The normalized spacial score (nSPS) is 20.9. The van der Waals surface area contributed by atoms with Crippen molar-refractivity contribution < 1.29 is 0 Å². The first-order chi connectivity index (χ1) is 6.65. The van der Waals surface area contributed by atoms with Crippen LogP contribution in [0.3, 0.4) is 0 Å². The van der Waals surface area contributed by atoms with Crippen molar-refractivity contribution in [3.05, 3.63) is 28.6 Å². The maximum atomic E-state index is 3.39. The van der Waals surface area contributed by atoms with Crippen LogP contribution in [0.4, 0.5) is 0 Å². The Kier molecular flexibility index (Phi) is 2.46. The first-order valence-corrected chi connectivity index (χ1v) is 5.19. The minimum atomic E-state index is 1.12. The number of aromatic amines is 1. The van der Waals surface area contributed by atoms with Gasteiger partial charge in [-0.3, -0.25) is 0 Å². The number of aryl methyl sites for hydroxylation is 2. The highest BCUT2D eigenvalue weighted by Crippen LogP contribution is 2.19. The number of likely N-dealkylation sites (tertiary alicyclic amines) is 1. The maximum absolute atomic E-state index is 3.39. The van der Waals surface area contributed by atoms with E-state index in [1.54, 1.807) is 0 Å². The van der Waals surface area contributed by atoms with E-state index in [0.29, 0.717) is 0 Å². The third-order valence-corrected chi connectivity index (χ3v) is 2.83. The second-order valence-corrected chi connectivity index (χ2v) is 4.34. The molecule has 2 heteroatoms. The largest absolute Gasteiger partial charge is 0.359 e. The van der Waals surface area contributed by atoms with Crippen LogP contribution in [-0.4, -0.2) is 30.0 Å². The molecule has 0 radical (unpaired) electrons. The highest BCUT2D eigenvalue weighted by molar-refractivity contribution is 5.54. The van der Waals surface area contributed by atoms with Crippen molar-refractivity contribution in [2.75, 3.05) is 20.1 Å². The first kappa shape index (κ1) is 9.53. The van der Waals surface area contributed by atoms with Gasteiger partial charge in [0.05, 0.1) is 0 Å². The van der Waals surface area contributed by atoms with Gasteiger partial charge in [0.2, 0.25) is 0 Å². The van der Waals surface area contributed by atoms with Gasteiger partial charge in [-0.05, 0) is 45.0 Å². The Balaban J connectivity index is 2.21. The van der Waals surface area contributed by atoms with Crippen LogP contribution < -0.4 is 0 Å². The summed E-state index contributed by atoms with van der Waals surface area (Å²) in [7, 11) is 2.17. The number of hydrogen-bond donors (Lipinski definition) is 1.